The van der Waals surface area contributed by atoms with E-state index in [0.29, 0.717) is 19.2 Å². The van der Waals surface area contributed by atoms with Gasteiger partial charge in [-0.25, -0.2) is 0 Å². The third kappa shape index (κ3) is 3.94. The summed E-state index contributed by atoms with van der Waals surface area (Å²) in [7, 11) is 0. The number of carbonyl (C=O) groups is 1. The maximum atomic E-state index is 11.2. The largest absolute Gasteiger partial charge is 0.480 e. The van der Waals surface area contributed by atoms with Gasteiger partial charge in [-0.15, -0.1) is 0 Å². The molecule has 2 aliphatic rings. The zero-order valence-corrected chi connectivity index (χ0v) is 10.6. The van der Waals surface area contributed by atoms with E-state index in [1.165, 1.54) is 0 Å². The highest BCUT2D eigenvalue weighted by molar-refractivity contribution is 5.73. The topological polar surface area (TPSA) is 61.8 Å². The Morgan fingerprint density at radius 1 is 1.59 bits per heavy atom. The van der Waals surface area contributed by atoms with E-state index < -0.39 is 12.0 Å². The zero-order chi connectivity index (χ0) is 12.5. The van der Waals surface area contributed by atoms with Crippen LogP contribution in [0.2, 0.25) is 0 Å². The van der Waals surface area contributed by atoms with E-state index >= 15 is 0 Å². The second-order valence-corrected chi connectivity index (χ2v) is 5.68. The minimum absolute atomic E-state index is 0.166. The molecular weight excluding hydrogens is 220 g/mol. The molecule has 2 rings (SSSR count). The van der Waals surface area contributed by atoms with Gasteiger partial charge in [-0.2, -0.15) is 0 Å². The zero-order valence-electron chi connectivity index (χ0n) is 10.6. The molecule has 2 N–H and O–H groups in total. The third-order valence-electron chi connectivity index (χ3n) is 3.26. The lowest BCUT2D eigenvalue weighted by Gasteiger charge is -2.39. The van der Waals surface area contributed by atoms with Crippen molar-refractivity contribution in [3.63, 3.8) is 0 Å². The number of nitrogens with one attached hydrogen (secondary N) is 1. The predicted molar refractivity (Wildman–Crippen MR) is 64.1 cm³/mol. The van der Waals surface area contributed by atoms with Crippen molar-refractivity contribution in [2.45, 2.75) is 44.4 Å². The summed E-state index contributed by atoms with van der Waals surface area (Å²) in [5.41, 5.74) is -0.166. The molecule has 5 heteroatoms. The summed E-state index contributed by atoms with van der Waals surface area (Å²) in [5, 5.41) is 12.4. The third-order valence-corrected chi connectivity index (χ3v) is 3.26. The van der Waals surface area contributed by atoms with Crippen LogP contribution in [0.5, 0.6) is 0 Å². The number of aliphatic carboxylic acids is 1. The molecular formula is C12H22N2O3. The Morgan fingerprint density at radius 3 is 2.82 bits per heavy atom. The molecule has 1 saturated carbocycles. The van der Waals surface area contributed by atoms with Crippen molar-refractivity contribution < 1.29 is 14.6 Å². The van der Waals surface area contributed by atoms with Crippen molar-refractivity contribution in [1.29, 1.82) is 0 Å². The summed E-state index contributed by atoms with van der Waals surface area (Å²) < 4.78 is 5.62. The Kier molecular flexibility index (Phi) is 3.70. The Labute approximate surface area is 102 Å². The summed E-state index contributed by atoms with van der Waals surface area (Å²) in [6.07, 6.45) is 2.22. The number of hydrogen-bond acceptors (Lipinski definition) is 4. The molecule has 0 bridgehead atoms. The van der Waals surface area contributed by atoms with Crippen molar-refractivity contribution in [3.8, 4) is 0 Å². The van der Waals surface area contributed by atoms with Gasteiger partial charge in [0.25, 0.3) is 0 Å². The molecule has 17 heavy (non-hydrogen) atoms. The van der Waals surface area contributed by atoms with Crippen LogP contribution < -0.4 is 5.32 Å². The highest BCUT2D eigenvalue weighted by Gasteiger charge is 2.33. The average Bonchev–Trinajstić information content (AvgIpc) is 2.99. The summed E-state index contributed by atoms with van der Waals surface area (Å²) in [6.45, 7) is 6.95. The standard InChI is InChI=1S/C12H22N2O3/c1-12(2)8-14(5-6-17-12)7-10(11(15)16)13-9-3-4-9/h9-10,13H,3-8H2,1-2H3,(H,15,16). The van der Waals surface area contributed by atoms with Gasteiger partial charge in [-0.1, -0.05) is 0 Å². The van der Waals surface area contributed by atoms with Gasteiger partial charge in [0.1, 0.15) is 6.04 Å². The van der Waals surface area contributed by atoms with Gasteiger partial charge in [-0.3, -0.25) is 9.69 Å². The van der Waals surface area contributed by atoms with Crippen LogP contribution >= 0.6 is 0 Å². The molecule has 0 amide bonds. The fourth-order valence-corrected chi connectivity index (χ4v) is 2.26. The monoisotopic (exact) mass is 242 g/mol. The summed E-state index contributed by atoms with van der Waals surface area (Å²) in [4.78, 5) is 13.4. The van der Waals surface area contributed by atoms with Crippen LogP contribution in [0.4, 0.5) is 0 Å². The minimum atomic E-state index is -0.749. The fourth-order valence-electron chi connectivity index (χ4n) is 2.26. The van der Waals surface area contributed by atoms with Crippen LogP contribution in [0, 0.1) is 0 Å². The van der Waals surface area contributed by atoms with Crippen LogP contribution in [-0.2, 0) is 9.53 Å². The molecule has 1 heterocycles. The van der Waals surface area contributed by atoms with E-state index in [0.717, 1.165) is 25.9 Å². The first-order valence-electron chi connectivity index (χ1n) is 6.31. The Hall–Kier alpha value is -0.650. The molecule has 1 aliphatic carbocycles. The lowest BCUT2D eigenvalue weighted by Crippen LogP contribution is -2.54. The van der Waals surface area contributed by atoms with Gasteiger partial charge >= 0.3 is 5.97 Å². The summed E-state index contributed by atoms with van der Waals surface area (Å²) in [5.74, 6) is -0.749. The number of carboxylic acids is 1. The first-order valence-corrected chi connectivity index (χ1v) is 6.31. The number of carboxylic acid groups (broad SMARTS) is 1. The van der Waals surface area contributed by atoms with Crippen LogP contribution in [0.25, 0.3) is 0 Å². The molecule has 1 unspecified atom stereocenters. The Morgan fingerprint density at radius 2 is 2.29 bits per heavy atom. The molecule has 0 aromatic rings. The highest BCUT2D eigenvalue weighted by Crippen LogP contribution is 2.21. The quantitative estimate of drug-likeness (QED) is 0.726. The maximum absolute atomic E-state index is 11.2. The number of hydrogen-bond donors (Lipinski definition) is 2. The van der Waals surface area contributed by atoms with Gasteiger partial charge in [0.2, 0.25) is 0 Å². The molecule has 5 nitrogen and oxygen atoms in total. The molecule has 0 aromatic heterocycles. The van der Waals surface area contributed by atoms with Crippen molar-refractivity contribution in [3.05, 3.63) is 0 Å². The molecule has 1 aliphatic heterocycles. The van der Waals surface area contributed by atoms with Gasteiger partial charge in [0.05, 0.1) is 12.2 Å². The minimum Gasteiger partial charge on any atom is -0.480 e. The van der Waals surface area contributed by atoms with Gasteiger partial charge in [0.15, 0.2) is 0 Å². The Bertz CT molecular complexity index is 289. The van der Waals surface area contributed by atoms with Crippen LogP contribution in [0.3, 0.4) is 0 Å². The highest BCUT2D eigenvalue weighted by atomic mass is 16.5. The van der Waals surface area contributed by atoms with Gasteiger partial charge < -0.3 is 15.2 Å². The number of morpholine rings is 1. The van der Waals surface area contributed by atoms with E-state index in [-0.39, 0.29) is 5.60 Å². The van der Waals surface area contributed by atoms with E-state index in [1.807, 2.05) is 13.8 Å². The number of rotatable bonds is 5. The van der Waals surface area contributed by atoms with Crippen molar-refractivity contribution >= 4 is 5.97 Å². The fraction of sp³-hybridized carbons (Fsp3) is 0.917. The van der Waals surface area contributed by atoms with Crippen LogP contribution in [0.1, 0.15) is 26.7 Å². The predicted octanol–water partition coefficient (Wildman–Crippen LogP) is 0.302. The number of ether oxygens (including phenoxy) is 1. The normalized spacial score (nSPS) is 26.7. The Balaban J connectivity index is 1.85. The molecule has 0 radical (unpaired) electrons. The van der Waals surface area contributed by atoms with Crippen LogP contribution in [-0.4, -0.2) is 59.9 Å². The average molecular weight is 242 g/mol. The van der Waals surface area contributed by atoms with Crippen molar-refractivity contribution in [1.82, 2.24) is 10.2 Å². The van der Waals surface area contributed by atoms with Gasteiger partial charge in [0, 0.05) is 25.7 Å². The summed E-state index contributed by atoms with van der Waals surface area (Å²) >= 11 is 0. The molecule has 0 spiro atoms. The smallest absolute Gasteiger partial charge is 0.322 e. The first kappa shape index (κ1) is 12.8. The second-order valence-electron chi connectivity index (χ2n) is 5.68. The van der Waals surface area contributed by atoms with Gasteiger partial charge in [-0.05, 0) is 26.7 Å². The SMILES string of the molecule is CC1(C)CN(CC(NC2CC2)C(=O)O)CCO1. The van der Waals surface area contributed by atoms with E-state index in [9.17, 15) is 9.90 Å². The van der Waals surface area contributed by atoms with E-state index in [1.54, 1.807) is 0 Å². The maximum Gasteiger partial charge on any atom is 0.322 e. The first-order chi connectivity index (χ1) is 7.96. The number of nitrogens with zero attached hydrogens (tertiary/aromatic N) is 1. The molecule has 0 aromatic carbocycles. The molecule has 2 fully saturated rings. The van der Waals surface area contributed by atoms with E-state index in [2.05, 4.69) is 10.2 Å². The van der Waals surface area contributed by atoms with Crippen molar-refractivity contribution in [2.75, 3.05) is 26.2 Å². The molecule has 98 valence electrons. The van der Waals surface area contributed by atoms with Crippen molar-refractivity contribution in [2.24, 2.45) is 0 Å². The lowest BCUT2D eigenvalue weighted by molar-refractivity contribution is -0.141. The van der Waals surface area contributed by atoms with Crippen LogP contribution in [0.15, 0.2) is 0 Å². The lowest BCUT2D eigenvalue weighted by atomic mass is 10.1. The molecule has 1 saturated heterocycles. The van der Waals surface area contributed by atoms with E-state index in [4.69, 9.17) is 4.74 Å². The molecule has 1 atom stereocenters. The second kappa shape index (κ2) is 4.92. The summed E-state index contributed by atoms with van der Waals surface area (Å²) in [6, 6.07) is -0.0263.